The van der Waals surface area contributed by atoms with Crippen molar-refractivity contribution in [3.63, 3.8) is 0 Å². The van der Waals surface area contributed by atoms with E-state index in [1.165, 1.54) is 19.9 Å². The standard InChI is InChI=1S/C15H22N4O5S/c1-11(20)16-7-6-15(22)17-8-9-25(23,24)19-14-5-3-4-13(10-14)18-12(2)21/h3-5,10,19H,6-9H2,1-2H3,(H,16,20)(H,17,22)(H,18,21). The molecule has 1 aromatic rings. The van der Waals surface area contributed by atoms with Crippen LogP contribution in [0.5, 0.6) is 0 Å². The molecule has 0 aromatic heterocycles. The van der Waals surface area contributed by atoms with Crippen LogP contribution in [0.4, 0.5) is 11.4 Å². The minimum atomic E-state index is -3.66. The van der Waals surface area contributed by atoms with Crippen LogP contribution in [0.25, 0.3) is 0 Å². The van der Waals surface area contributed by atoms with Gasteiger partial charge >= 0.3 is 0 Å². The van der Waals surface area contributed by atoms with E-state index in [1.54, 1.807) is 18.2 Å². The molecule has 9 nitrogen and oxygen atoms in total. The molecule has 25 heavy (non-hydrogen) atoms. The van der Waals surface area contributed by atoms with Crippen molar-refractivity contribution in [2.75, 3.05) is 28.9 Å². The van der Waals surface area contributed by atoms with Crippen LogP contribution >= 0.6 is 0 Å². The third-order valence-electron chi connectivity index (χ3n) is 2.88. The molecule has 3 amide bonds. The molecule has 0 saturated carbocycles. The first-order chi connectivity index (χ1) is 11.7. The minimum absolute atomic E-state index is 0.0559. The third kappa shape index (κ3) is 9.30. The van der Waals surface area contributed by atoms with Gasteiger partial charge in [-0.25, -0.2) is 8.42 Å². The molecule has 0 aliphatic heterocycles. The Morgan fingerprint density at radius 3 is 2.28 bits per heavy atom. The van der Waals surface area contributed by atoms with Crippen molar-refractivity contribution in [3.8, 4) is 0 Å². The van der Waals surface area contributed by atoms with Gasteiger partial charge in [0.05, 0.1) is 11.4 Å². The Bertz CT molecular complexity index is 733. The Balaban J connectivity index is 2.44. The molecule has 0 aliphatic carbocycles. The fourth-order valence-electron chi connectivity index (χ4n) is 1.86. The summed E-state index contributed by atoms with van der Waals surface area (Å²) in [4.78, 5) is 33.2. The van der Waals surface area contributed by atoms with Gasteiger partial charge in [-0.15, -0.1) is 0 Å². The molecule has 0 heterocycles. The van der Waals surface area contributed by atoms with Crippen LogP contribution < -0.4 is 20.7 Å². The van der Waals surface area contributed by atoms with Crippen molar-refractivity contribution >= 4 is 39.1 Å². The Morgan fingerprint density at radius 1 is 0.960 bits per heavy atom. The predicted molar refractivity (Wildman–Crippen MR) is 94.5 cm³/mol. The van der Waals surface area contributed by atoms with E-state index in [2.05, 4.69) is 20.7 Å². The van der Waals surface area contributed by atoms with Crippen molar-refractivity contribution in [1.29, 1.82) is 0 Å². The fourth-order valence-corrected chi connectivity index (χ4v) is 2.82. The molecule has 0 spiro atoms. The van der Waals surface area contributed by atoms with Crippen LogP contribution in [0.2, 0.25) is 0 Å². The summed E-state index contributed by atoms with van der Waals surface area (Å²) in [7, 11) is -3.66. The maximum atomic E-state index is 12.0. The van der Waals surface area contributed by atoms with Crippen LogP contribution in [0.1, 0.15) is 20.3 Å². The second kappa shape index (κ2) is 9.62. The number of carbonyl (C=O) groups is 3. The van der Waals surface area contributed by atoms with E-state index in [4.69, 9.17) is 0 Å². The molecule has 0 bridgehead atoms. The predicted octanol–water partition coefficient (Wildman–Crippen LogP) is 0.0291. The first kappa shape index (κ1) is 20.4. The van der Waals surface area contributed by atoms with Crippen molar-refractivity contribution in [2.24, 2.45) is 0 Å². The van der Waals surface area contributed by atoms with Crippen molar-refractivity contribution in [2.45, 2.75) is 20.3 Å². The molecule has 0 fully saturated rings. The molecule has 4 N–H and O–H groups in total. The molecule has 0 atom stereocenters. The van der Waals surface area contributed by atoms with Crippen molar-refractivity contribution in [3.05, 3.63) is 24.3 Å². The number of amides is 3. The van der Waals surface area contributed by atoms with E-state index in [0.29, 0.717) is 11.4 Å². The number of carbonyl (C=O) groups excluding carboxylic acids is 3. The molecule has 138 valence electrons. The van der Waals surface area contributed by atoms with Crippen LogP contribution in [-0.4, -0.2) is 45.0 Å². The van der Waals surface area contributed by atoms with Gasteiger partial charge in [-0.2, -0.15) is 0 Å². The minimum Gasteiger partial charge on any atom is -0.356 e. The lowest BCUT2D eigenvalue weighted by Gasteiger charge is -2.10. The molecular formula is C15H22N4O5S. The average Bonchev–Trinajstić information content (AvgIpc) is 2.45. The highest BCUT2D eigenvalue weighted by Gasteiger charge is 2.12. The fraction of sp³-hybridized carbons (Fsp3) is 0.400. The topological polar surface area (TPSA) is 133 Å². The summed E-state index contributed by atoms with van der Waals surface area (Å²) in [6.45, 7) is 2.84. The summed E-state index contributed by atoms with van der Waals surface area (Å²) >= 11 is 0. The van der Waals surface area contributed by atoms with E-state index in [-0.39, 0.29) is 43.0 Å². The van der Waals surface area contributed by atoms with Gasteiger partial charge in [-0.3, -0.25) is 19.1 Å². The van der Waals surface area contributed by atoms with E-state index < -0.39 is 10.0 Å². The smallest absolute Gasteiger partial charge is 0.234 e. The Labute approximate surface area is 146 Å². The van der Waals surface area contributed by atoms with E-state index in [9.17, 15) is 22.8 Å². The Morgan fingerprint density at radius 2 is 1.64 bits per heavy atom. The van der Waals surface area contributed by atoms with Gasteiger partial charge in [0, 0.05) is 39.0 Å². The second-order valence-corrected chi connectivity index (χ2v) is 7.11. The average molecular weight is 370 g/mol. The highest BCUT2D eigenvalue weighted by Crippen LogP contribution is 2.16. The lowest BCUT2D eigenvalue weighted by molar-refractivity contribution is -0.121. The van der Waals surface area contributed by atoms with Gasteiger partial charge in [-0.1, -0.05) is 6.07 Å². The third-order valence-corrected chi connectivity index (χ3v) is 4.16. The van der Waals surface area contributed by atoms with Gasteiger partial charge in [0.25, 0.3) is 0 Å². The normalized spacial score (nSPS) is 10.6. The van der Waals surface area contributed by atoms with E-state index in [0.717, 1.165) is 0 Å². The van der Waals surface area contributed by atoms with E-state index in [1.807, 2.05) is 0 Å². The largest absolute Gasteiger partial charge is 0.356 e. The molecule has 0 radical (unpaired) electrons. The monoisotopic (exact) mass is 370 g/mol. The van der Waals surface area contributed by atoms with Gasteiger partial charge in [0.15, 0.2) is 0 Å². The number of rotatable bonds is 9. The van der Waals surface area contributed by atoms with Crippen LogP contribution in [-0.2, 0) is 24.4 Å². The molecule has 0 unspecified atom stereocenters. The molecular weight excluding hydrogens is 348 g/mol. The van der Waals surface area contributed by atoms with Crippen molar-refractivity contribution in [1.82, 2.24) is 10.6 Å². The molecule has 10 heteroatoms. The van der Waals surface area contributed by atoms with Crippen LogP contribution in [0, 0.1) is 0 Å². The maximum absolute atomic E-state index is 12.0. The number of anilines is 2. The molecule has 0 saturated heterocycles. The zero-order valence-electron chi connectivity index (χ0n) is 14.1. The van der Waals surface area contributed by atoms with Gasteiger partial charge in [0.2, 0.25) is 27.7 Å². The van der Waals surface area contributed by atoms with Gasteiger partial charge < -0.3 is 16.0 Å². The van der Waals surface area contributed by atoms with Crippen LogP contribution in [0.3, 0.4) is 0 Å². The zero-order valence-corrected chi connectivity index (χ0v) is 14.9. The van der Waals surface area contributed by atoms with Gasteiger partial charge in [0.1, 0.15) is 0 Å². The summed E-state index contributed by atoms with van der Waals surface area (Å²) < 4.78 is 26.4. The summed E-state index contributed by atoms with van der Waals surface area (Å²) in [5.74, 6) is -1.15. The summed E-state index contributed by atoms with van der Waals surface area (Å²) in [5, 5.41) is 7.50. The van der Waals surface area contributed by atoms with Crippen molar-refractivity contribution < 1.29 is 22.8 Å². The Hall–Kier alpha value is -2.62. The van der Waals surface area contributed by atoms with Crippen LogP contribution in [0.15, 0.2) is 24.3 Å². The quantitative estimate of drug-likeness (QED) is 0.487. The number of sulfonamides is 1. The molecule has 1 rings (SSSR count). The summed E-state index contributed by atoms with van der Waals surface area (Å²) in [5.41, 5.74) is 0.780. The highest BCUT2D eigenvalue weighted by molar-refractivity contribution is 7.92. The lowest BCUT2D eigenvalue weighted by Crippen LogP contribution is -2.33. The highest BCUT2D eigenvalue weighted by atomic mass is 32.2. The maximum Gasteiger partial charge on any atom is 0.234 e. The summed E-state index contributed by atoms with van der Waals surface area (Å²) in [6, 6.07) is 6.28. The number of hydrogen-bond donors (Lipinski definition) is 4. The van der Waals surface area contributed by atoms with E-state index >= 15 is 0 Å². The first-order valence-corrected chi connectivity index (χ1v) is 9.22. The molecule has 0 aliphatic rings. The lowest BCUT2D eigenvalue weighted by atomic mass is 10.3. The zero-order chi connectivity index (χ0) is 18.9. The number of hydrogen-bond acceptors (Lipinski definition) is 5. The van der Waals surface area contributed by atoms with Gasteiger partial charge in [-0.05, 0) is 18.2 Å². The number of benzene rings is 1. The Kier molecular flexibility index (Phi) is 7.86. The number of nitrogens with one attached hydrogen (secondary N) is 4. The SMILES string of the molecule is CC(=O)NCCC(=O)NCCS(=O)(=O)Nc1cccc(NC(C)=O)c1. The summed E-state index contributed by atoms with van der Waals surface area (Å²) in [6.07, 6.45) is 0.0752. The first-order valence-electron chi connectivity index (χ1n) is 7.57. The molecule has 1 aromatic carbocycles. The second-order valence-electron chi connectivity index (χ2n) is 5.27.